The highest BCUT2D eigenvalue weighted by Crippen LogP contribution is 2.34. The lowest BCUT2D eigenvalue weighted by Crippen LogP contribution is -2.45. The standard InChI is InChI=1S/C22H21ClFN5O3/c23-15-4-1-5-16(24)17(15)21-29-18(19(25)30)22(32-21)28-13-8-6-12(7-9-13)20(31)27-14-3-2-10-26-11-14/h1,4-9,14,26,28H,2-3,10-11H2,(H2,25,30)(H,27,31)/t14-/m1/s1. The summed E-state index contributed by atoms with van der Waals surface area (Å²) in [6, 6.07) is 10.8. The van der Waals surface area contributed by atoms with Gasteiger partial charge in [0.25, 0.3) is 11.8 Å². The van der Waals surface area contributed by atoms with Crippen LogP contribution in [-0.4, -0.2) is 35.9 Å². The molecule has 1 fully saturated rings. The number of piperidine rings is 1. The average Bonchev–Trinajstić information content (AvgIpc) is 3.18. The summed E-state index contributed by atoms with van der Waals surface area (Å²) in [6.07, 6.45) is 1.96. The molecule has 0 spiro atoms. The Morgan fingerprint density at radius 2 is 2.00 bits per heavy atom. The van der Waals surface area contributed by atoms with Crippen molar-refractivity contribution in [3.63, 3.8) is 0 Å². The van der Waals surface area contributed by atoms with Gasteiger partial charge in [-0.1, -0.05) is 17.7 Å². The first kappa shape index (κ1) is 21.8. The summed E-state index contributed by atoms with van der Waals surface area (Å²) in [5, 5.41) is 9.23. The van der Waals surface area contributed by atoms with Crippen LogP contribution in [0.3, 0.4) is 0 Å². The first-order valence-electron chi connectivity index (χ1n) is 10.1. The molecule has 1 aromatic heterocycles. The summed E-state index contributed by atoms with van der Waals surface area (Å²) >= 11 is 6.06. The predicted octanol–water partition coefficient (Wildman–Crippen LogP) is 3.46. The second kappa shape index (κ2) is 9.37. The van der Waals surface area contributed by atoms with Gasteiger partial charge in [0.1, 0.15) is 5.82 Å². The molecule has 0 radical (unpaired) electrons. The van der Waals surface area contributed by atoms with Gasteiger partial charge in [-0.25, -0.2) is 9.37 Å². The molecule has 2 heterocycles. The number of amides is 2. The number of hydrogen-bond donors (Lipinski definition) is 4. The van der Waals surface area contributed by atoms with E-state index < -0.39 is 11.7 Å². The number of carbonyl (C=O) groups excluding carboxylic acids is 2. The third-order valence-electron chi connectivity index (χ3n) is 5.07. The highest BCUT2D eigenvalue weighted by Gasteiger charge is 2.23. The molecule has 0 saturated carbocycles. The van der Waals surface area contributed by atoms with Crippen LogP contribution in [0.2, 0.25) is 5.02 Å². The van der Waals surface area contributed by atoms with E-state index in [4.69, 9.17) is 21.8 Å². The van der Waals surface area contributed by atoms with Gasteiger partial charge in [-0.2, -0.15) is 0 Å². The van der Waals surface area contributed by atoms with Crippen molar-refractivity contribution in [3.05, 3.63) is 64.6 Å². The Balaban J connectivity index is 1.53. The highest BCUT2D eigenvalue weighted by molar-refractivity contribution is 6.33. The molecular weight excluding hydrogens is 437 g/mol. The van der Waals surface area contributed by atoms with Crippen LogP contribution in [-0.2, 0) is 0 Å². The van der Waals surface area contributed by atoms with E-state index in [-0.39, 0.29) is 40.0 Å². The lowest BCUT2D eigenvalue weighted by molar-refractivity contribution is 0.0929. The number of primary amides is 1. The Labute approximate surface area is 188 Å². The molecule has 2 aromatic carbocycles. The number of nitrogens with one attached hydrogen (secondary N) is 3. The number of aromatic nitrogens is 1. The SMILES string of the molecule is NC(=O)c1nc(-c2c(F)cccc2Cl)oc1Nc1ccc(C(=O)N[C@@H]2CCCNC2)cc1. The van der Waals surface area contributed by atoms with Gasteiger partial charge in [0, 0.05) is 23.8 Å². The number of carbonyl (C=O) groups is 2. The van der Waals surface area contributed by atoms with Crippen molar-refractivity contribution >= 4 is 35.0 Å². The fraction of sp³-hybridized carbons (Fsp3) is 0.227. The van der Waals surface area contributed by atoms with Crippen molar-refractivity contribution in [2.24, 2.45) is 5.73 Å². The topological polar surface area (TPSA) is 122 Å². The number of oxazole rings is 1. The van der Waals surface area contributed by atoms with Crippen molar-refractivity contribution in [1.29, 1.82) is 0 Å². The van der Waals surface area contributed by atoms with Gasteiger partial charge in [-0.15, -0.1) is 0 Å². The molecule has 3 aromatic rings. The molecule has 8 nitrogen and oxygen atoms in total. The molecule has 166 valence electrons. The molecule has 0 aliphatic carbocycles. The van der Waals surface area contributed by atoms with Gasteiger partial charge in [0.05, 0.1) is 10.6 Å². The second-order valence-corrected chi connectivity index (χ2v) is 7.78. The number of nitrogens with two attached hydrogens (primary N) is 1. The van der Waals surface area contributed by atoms with E-state index in [0.717, 1.165) is 25.9 Å². The van der Waals surface area contributed by atoms with E-state index in [1.165, 1.54) is 18.2 Å². The van der Waals surface area contributed by atoms with E-state index in [2.05, 4.69) is 20.9 Å². The van der Waals surface area contributed by atoms with Crippen molar-refractivity contribution in [2.45, 2.75) is 18.9 Å². The van der Waals surface area contributed by atoms with Crippen LogP contribution in [0.25, 0.3) is 11.5 Å². The smallest absolute Gasteiger partial charge is 0.273 e. The molecule has 1 aliphatic heterocycles. The maximum atomic E-state index is 14.2. The van der Waals surface area contributed by atoms with Gasteiger partial charge in [-0.05, 0) is 55.8 Å². The van der Waals surface area contributed by atoms with Crippen LogP contribution in [0.15, 0.2) is 46.9 Å². The van der Waals surface area contributed by atoms with Gasteiger partial charge in [0.2, 0.25) is 11.8 Å². The Morgan fingerprint density at radius 1 is 1.22 bits per heavy atom. The summed E-state index contributed by atoms with van der Waals surface area (Å²) in [6.45, 7) is 1.72. The van der Waals surface area contributed by atoms with Crippen LogP contribution in [0.1, 0.15) is 33.7 Å². The van der Waals surface area contributed by atoms with E-state index in [0.29, 0.717) is 11.3 Å². The predicted molar refractivity (Wildman–Crippen MR) is 119 cm³/mol. The van der Waals surface area contributed by atoms with Gasteiger partial charge in [-0.3, -0.25) is 9.59 Å². The minimum absolute atomic E-state index is 0.0581. The zero-order valence-corrected chi connectivity index (χ0v) is 17.7. The number of hydrogen-bond acceptors (Lipinski definition) is 6. The third kappa shape index (κ3) is 4.74. The second-order valence-electron chi connectivity index (χ2n) is 7.38. The number of rotatable bonds is 6. The summed E-state index contributed by atoms with van der Waals surface area (Å²) in [5.41, 5.74) is 6.14. The minimum atomic E-state index is -0.855. The zero-order valence-electron chi connectivity index (χ0n) is 17.0. The molecule has 0 bridgehead atoms. The normalized spacial score (nSPS) is 15.9. The van der Waals surface area contributed by atoms with E-state index in [1.54, 1.807) is 24.3 Å². The molecule has 32 heavy (non-hydrogen) atoms. The van der Waals surface area contributed by atoms with Crippen LogP contribution >= 0.6 is 11.6 Å². The fourth-order valence-corrected chi connectivity index (χ4v) is 3.70. The minimum Gasteiger partial charge on any atom is -0.419 e. The lowest BCUT2D eigenvalue weighted by atomic mass is 10.1. The number of halogens is 2. The van der Waals surface area contributed by atoms with Gasteiger partial charge < -0.3 is 26.1 Å². The number of nitrogens with zero attached hydrogens (tertiary/aromatic N) is 1. The molecule has 4 rings (SSSR count). The van der Waals surface area contributed by atoms with Crippen molar-refractivity contribution in [3.8, 4) is 11.5 Å². The largest absolute Gasteiger partial charge is 0.419 e. The van der Waals surface area contributed by atoms with Crippen LogP contribution < -0.4 is 21.7 Å². The molecule has 1 atom stereocenters. The average molecular weight is 458 g/mol. The van der Waals surface area contributed by atoms with Crippen molar-refractivity contribution in [1.82, 2.24) is 15.6 Å². The lowest BCUT2D eigenvalue weighted by Gasteiger charge is -2.23. The maximum absolute atomic E-state index is 14.2. The number of anilines is 2. The van der Waals surface area contributed by atoms with Gasteiger partial charge in [0.15, 0.2) is 5.69 Å². The third-order valence-corrected chi connectivity index (χ3v) is 5.39. The quantitative estimate of drug-likeness (QED) is 0.449. The summed E-state index contributed by atoms with van der Waals surface area (Å²) in [7, 11) is 0. The molecule has 1 saturated heterocycles. The molecule has 5 N–H and O–H groups in total. The maximum Gasteiger partial charge on any atom is 0.273 e. The van der Waals surface area contributed by atoms with E-state index >= 15 is 0 Å². The van der Waals surface area contributed by atoms with E-state index in [1.807, 2.05) is 0 Å². The van der Waals surface area contributed by atoms with Crippen molar-refractivity contribution < 1.29 is 18.4 Å². The van der Waals surface area contributed by atoms with Gasteiger partial charge >= 0.3 is 0 Å². The molecule has 10 heteroatoms. The molecular formula is C22H21ClFN5O3. The summed E-state index contributed by atoms with van der Waals surface area (Å²) < 4.78 is 19.8. The Morgan fingerprint density at radius 3 is 2.66 bits per heavy atom. The van der Waals surface area contributed by atoms with Crippen molar-refractivity contribution in [2.75, 3.05) is 18.4 Å². The zero-order chi connectivity index (χ0) is 22.7. The Kier molecular flexibility index (Phi) is 6.38. The Bertz CT molecular complexity index is 1120. The fourth-order valence-electron chi connectivity index (χ4n) is 3.46. The van der Waals surface area contributed by atoms with E-state index in [9.17, 15) is 14.0 Å². The van der Waals surface area contributed by atoms with Crippen LogP contribution in [0.5, 0.6) is 0 Å². The van der Waals surface area contributed by atoms with Crippen LogP contribution in [0, 0.1) is 5.82 Å². The summed E-state index contributed by atoms with van der Waals surface area (Å²) in [5.74, 6) is -1.91. The molecule has 2 amide bonds. The van der Waals surface area contributed by atoms with Crippen LogP contribution in [0.4, 0.5) is 16.0 Å². The highest BCUT2D eigenvalue weighted by atomic mass is 35.5. The Hall–Kier alpha value is -3.43. The number of benzene rings is 2. The first-order valence-corrected chi connectivity index (χ1v) is 10.4. The first-order chi connectivity index (χ1) is 15.4. The summed E-state index contributed by atoms with van der Waals surface area (Å²) in [4.78, 5) is 28.3. The molecule has 1 aliphatic rings. The monoisotopic (exact) mass is 457 g/mol. The molecule has 0 unspecified atom stereocenters.